The Balaban J connectivity index is 1.84. The third-order valence-electron chi connectivity index (χ3n) is 3.54. The number of hydrogen-bond donors (Lipinski definition) is 1. The SMILES string of the molecule is C#CCNCC(=O)C1CCOC2(CCOC2)C1. The van der Waals surface area contributed by atoms with E-state index in [1.165, 1.54) is 0 Å². The largest absolute Gasteiger partial charge is 0.378 e. The summed E-state index contributed by atoms with van der Waals surface area (Å²) in [6, 6.07) is 0. The molecule has 1 N–H and O–H groups in total. The van der Waals surface area contributed by atoms with E-state index < -0.39 is 0 Å². The zero-order valence-corrected chi connectivity index (χ0v) is 10.0. The molecule has 17 heavy (non-hydrogen) atoms. The van der Waals surface area contributed by atoms with Gasteiger partial charge in [-0.05, 0) is 12.8 Å². The Labute approximate surface area is 102 Å². The first-order valence-electron chi connectivity index (χ1n) is 6.14. The minimum atomic E-state index is -0.190. The Kier molecular flexibility index (Phi) is 4.16. The molecule has 0 aromatic rings. The number of ether oxygens (including phenoxy) is 2. The molecular formula is C13H19NO3. The summed E-state index contributed by atoms with van der Waals surface area (Å²) in [5.41, 5.74) is -0.190. The molecule has 4 nitrogen and oxygen atoms in total. The van der Waals surface area contributed by atoms with Crippen molar-refractivity contribution in [2.24, 2.45) is 5.92 Å². The molecule has 2 rings (SSSR count). The van der Waals surface area contributed by atoms with Gasteiger partial charge in [-0.3, -0.25) is 10.1 Å². The van der Waals surface area contributed by atoms with Crippen molar-refractivity contribution >= 4 is 5.78 Å². The molecule has 0 saturated carbocycles. The lowest BCUT2D eigenvalue weighted by Gasteiger charge is -2.36. The maximum atomic E-state index is 12.0. The van der Waals surface area contributed by atoms with Gasteiger partial charge in [-0.2, -0.15) is 0 Å². The van der Waals surface area contributed by atoms with Crippen molar-refractivity contribution in [2.45, 2.75) is 24.9 Å². The van der Waals surface area contributed by atoms with Gasteiger partial charge in [0, 0.05) is 25.6 Å². The van der Waals surface area contributed by atoms with E-state index in [9.17, 15) is 4.79 Å². The second kappa shape index (κ2) is 5.63. The predicted octanol–water partition coefficient (Wildman–Crippen LogP) is 0.364. The van der Waals surface area contributed by atoms with Gasteiger partial charge >= 0.3 is 0 Å². The van der Waals surface area contributed by atoms with Crippen LogP contribution in [0.25, 0.3) is 0 Å². The van der Waals surface area contributed by atoms with E-state index in [1.807, 2.05) is 0 Å². The van der Waals surface area contributed by atoms with Crippen LogP contribution in [0.2, 0.25) is 0 Å². The zero-order chi connectivity index (χ0) is 12.1. The minimum Gasteiger partial charge on any atom is -0.378 e. The lowest BCUT2D eigenvalue weighted by atomic mass is 9.83. The monoisotopic (exact) mass is 237 g/mol. The first-order valence-corrected chi connectivity index (χ1v) is 6.14. The molecule has 0 aromatic carbocycles. The number of nitrogens with one attached hydrogen (secondary N) is 1. The van der Waals surface area contributed by atoms with Crippen LogP contribution in [0.5, 0.6) is 0 Å². The van der Waals surface area contributed by atoms with Crippen molar-refractivity contribution in [1.29, 1.82) is 0 Å². The number of carbonyl (C=O) groups is 1. The molecule has 0 radical (unpaired) electrons. The molecule has 0 amide bonds. The van der Waals surface area contributed by atoms with Crippen LogP contribution in [0.15, 0.2) is 0 Å². The smallest absolute Gasteiger partial charge is 0.149 e. The standard InChI is InChI=1S/C13H19NO3/c1-2-5-14-9-12(15)11-3-6-17-13(8-11)4-7-16-10-13/h1,11,14H,3-10H2. The fourth-order valence-electron chi connectivity index (χ4n) is 2.57. The van der Waals surface area contributed by atoms with Gasteiger partial charge in [0.2, 0.25) is 0 Å². The summed E-state index contributed by atoms with van der Waals surface area (Å²) in [7, 11) is 0. The van der Waals surface area contributed by atoms with E-state index in [4.69, 9.17) is 15.9 Å². The summed E-state index contributed by atoms with van der Waals surface area (Å²) in [6.07, 6.45) is 7.65. The maximum Gasteiger partial charge on any atom is 0.149 e. The van der Waals surface area contributed by atoms with Gasteiger partial charge in [-0.1, -0.05) is 5.92 Å². The second-order valence-corrected chi connectivity index (χ2v) is 4.80. The summed E-state index contributed by atoms with van der Waals surface area (Å²) in [4.78, 5) is 12.0. The number of ketones is 1. The van der Waals surface area contributed by atoms with Gasteiger partial charge in [-0.15, -0.1) is 6.42 Å². The molecular weight excluding hydrogens is 218 g/mol. The van der Waals surface area contributed by atoms with E-state index in [2.05, 4.69) is 11.2 Å². The Morgan fingerprint density at radius 3 is 3.12 bits per heavy atom. The van der Waals surface area contributed by atoms with Crippen LogP contribution < -0.4 is 5.32 Å². The second-order valence-electron chi connectivity index (χ2n) is 4.80. The lowest BCUT2D eigenvalue weighted by Crippen LogP contribution is -2.44. The molecule has 0 aliphatic carbocycles. The number of carbonyl (C=O) groups excluding carboxylic acids is 1. The maximum absolute atomic E-state index is 12.0. The average Bonchev–Trinajstić information content (AvgIpc) is 2.77. The molecule has 2 heterocycles. The Bertz CT molecular complexity index is 315. The summed E-state index contributed by atoms with van der Waals surface area (Å²) < 4.78 is 11.2. The van der Waals surface area contributed by atoms with Crippen LogP contribution in [-0.4, -0.2) is 44.3 Å². The molecule has 4 heteroatoms. The summed E-state index contributed by atoms with van der Waals surface area (Å²) in [6.45, 7) is 2.86. The third kappa shape index (κ3) is 3.06. The van der Waals surface area contributed by atoms with Gasteiger partial charge in [0.25, 0.3) is 0 Å². The van der Waals surface area contributed by atoms with Gasteiger partial charge in [0.15, 0.2) is 0 Å². The quantitative estimate of drug-likeness (QED) is 0.566. The van der Waals surface area contributed by atoms with Crippen molar-refractivity contribution in [1.82, 2.24) is 5.32 Å². The van der Waals surface area contributed by atoms with Crippen molar-refractivity contribution in [3.63, 3.8) is 0 Å². The van der Waals surface area contributed by atoms with E-state index in [0.717, 1.165) is 25.9 Å². The molecule has 2 aliphatic heterocycles. The molecule has 2 unspecified atom stereocenters. The van der Waals surface area contributed by atoms with Crippen LogP contribution in [0.4, 0.5) is 0 Å². The average molecular weight is 237 g/mol. The normalized spacial score (nSPS) is 32.5. The predicted molar refractivity (Wildman–Crippen MR) is 63.6 cm³/mol. The van der Waals surface area contributed by atoms with Crippen LogP contribution in [0.1, 0.15) is 19.3 Å². The first-order chi connectivity index (χ1) is 8.26. The van der Waals surface area contributed by atoms with Gasteiger partial charge in [0.05, 0.1) is 25.3 Å². The van der Waals surface area contributed by atoms with Gasteiger partial charge < -0.3 is 9.47 Å². The molecule has 2 atom stereocenters. The van der Waals surface area contributed by atoms with Crippen LogP contribution >= 0.6 is 0 Å². The van der Waals surface area contributed by atoms with Crippen molar-refractivity contribution in [2.75, 3.05) is 32.9 Å². The third-order valence-corrected chi connectivity index (χ3v) is 3.54. The Hall–Kier alpha value is -0.890. The fraction of sp³-hybridized carbons (Fsp3) is 0.769. The van der Waals surface area contributed by atoms with Crippen molar-refractivity contribution in [3.8, 4) is 12.3 Å². The lowest BCUT2D eigenvalue weighted by molar-refractivity contribution is -0.136. The molecule has 1 spiro atoms. The van der Waals surface area contributed by atoms with Crippen molar-refractivity contribution in [3.05, 3.63) is 0 Å². The fourth-order valence-corrected chi connectivity index (χ4v) is 2.57. The number of hydrogen-bond acceptors (Lipinski definition) is 4. The first kappa shape index (κ1) is 12.6. The molecule has 94 valence electrons. The highest BCUT2D eigenvalue weighted by atomic mass is 16.6. The molecule has 2 saturated heterocycles. The van der Waals surface area contributed by atoms with Crippen LogP contribution in [0, 0.1) is 18.3 Å². The number of Topliss-reactive ketones (excluding diaryl/α,β-unsaturated/α-hetero) is 1. The van der Waals surface area contributed by atoms with Gasteiger partial charge in [-0.25, -0.2) is 0 Å². The minimum absolute atomic E-state index is 0.0933. The Morgan fingerprint density at radius 1 is 1.53 bits per heavy atom. The molecule has 2 aliphatic rings. The summed E-state index contributed by atoms with van der Waals surface area (Å²) in [5, 5.41) is 2.95. The van der Waals surface area contributed by atoms with Crippen molar-refractivity contribution < 1.29 is 14.3 Å². The molecule has 0 bridgehead atoms. The van der Waals surface area contributed by atoms with Crippen LogP contribution in [-0.2, 0) is 14.3 Å². The molecule has 2 fully saturated rings. The highest BCUT2D eigenvalue weighted by molar-refractivity contribution is 5.83. The summed E-state index contributed by atoms with van der Waals surface area (Å²) >= 11 is 0. The highest BCUT2D eigenvalue weighted by Crippen LogP contribution is 2.35. The summed E-state index contributed by atoms with van der Waals surface area (Å²) in [5.74, 6) is 2.81. The highest BCUT2D eigenvalue weighted by Gasteiger charge is 2.42. The van der Waals surface area contributed by atoms with E-state index in [0.29, 0.717) is 26.3 Å². The van der Waals surface area contributed by atoms with Crippen LogP contribution in [0.3, 0.4) is 0 Å². The Morgan fingerprint density at radius 2 is 2.41 bits per heavy atom. The van der Waals surface area contributed by atoms with E-state index in [1.54, 1.807) is 0 Å². The van der Waals surface area contributed by atoms with E-state index in [-0.39, 0.29) is 17.3 Å². The van der Waals surface area contributed by atoms with E-state index >= 15 is 0 Å². The number of terminal acetylenes is 1. The molecule has 0 aromatic heterocycles. The number of rotatable bonds is 4. The zero-order valence-electron chi connectivity index (χ0n) is 10.0. The van der Waals surface area contributed by atoms with Gasteiger partial charge in [0.1, 0.15) is 5.78 Å². The topological polar surface area (TPSA) is 47.6 Å².